The number of hydrogen-bond acceptors (Lipinski definition) is 2. The first-order chi connectivity index (χ1) is 7.76. The van der Waals surface area contributed by atoms with Crippen LogP contribution in [0.5, 0.6) is 0 Å². The normalized spacial score (nSPS) is 25.3. The van der Waals surface area contributed by atoms with E-state index in [0.29, 0.717) is 6.04 Å². The van der Waals surface area contributed by atoms with Crippen molar-refractivity contribution in [3.8, 4) is 0 Å². The van der Waals surface area contributed by atoms with Crippen LogP contribution in [0, 0.1) is 0 Å². The Labute approximate surface area is 102 Å². The second-order valence-corrected chi connectivity index (χ2v) is 5.34. The molecule has 0 bridgehead atoms. The average molecular weight is 226 g/mol. The van der Waals surface area contributed by atoms with E-state index < -0.39 is 0 Å². The molecule has 96 valence electrons. The van der Waals surface area contributed by atoms with Gasteiger partial charge in [-0.25, -0.2) is 0 Å². The van der Waals surface area contributed by atoms with Gasteiger partial charge in [0.05, 0.1) is 0 Å². The van der Waals surface area contributed by atoms with Crippen molar-refractivity contribution < 1.29 is 0 Å². The molecule has 3 atom stereocenters. The average Bonchev–Trinajstić information content (AvgIpc) is 2.29. The van der Waals surface area contributed by atoms with E-state index in [1.165, 1.54) is 51.5 Å². The third-order valence-electron chi connectivity index (χ3n) is 3.70. The molecule has 1 aliphatic rings. The van der Waals surface area contributed by atoms with Crippen LogP contribution in [0.1, 0.15) is 65.7 Å². The molecule has 0 saturated carbocycles. The molecule has 0 aromatic rings. The van der Waals surface area contributed by atoms with Crippen molar-refractivity contribution in [1.29, 1.82) is 0 Å². The van der Waals surface area contributed by atoms with Gasteiger partial charge in [0.1, 0.15) is 0 Å². The minimum absolute atomic E-state index is 0.659. The summed E-state index contributed by atoms with van der Waals surface area (Å²) in [6, 6.07) is 2.14. The number of hydrogen-bond donors (Lipinski definition) is 2. The highest BCUT2D eigenvalue weighted by Gasteiger charge is 2.17. The number of rotatable bonds is 7. The third-order valence-corrected chi connectivity index (χ3v) is 3.70. The zero-order valence-electron chi connectivity index (χ0n) is 11.4. The minimum atomic E-state index is 0.659. The lowest BCUT2D eigenvalue weighted by atomic mass is 9.98. The molecule has 2 nitrogen and oxygen atoms in total. The van der Waals surface area contributed by atoms with E-state index >= 15 is 0 Å². The van der Waals surface area contributed by atoms with E-state index in [1.807, 2.05) is 0 Å². The van der Waals surface area contributed by atoms with Crippen molar-refractivity contribution in [2.75, 3.05) is 6.54 Å². The predicted octanol–water partition coefficient (Wildman–Crippen LogP) is 3.08. The minimum Gasteiger partial charge on any atom is -0.314 e. The molecule has 2 N–H and O–H groups in total. The largest absolute Gasteiger partial charge is 0.314 e. The summed E-state index contributed by atoms with van der Waals surface area (Å²) >= 11 is 0. The molecular weight excluding hydrogens is 196 g/mol. The Kier molecular flexibility index (Phi) is 7.06. The van der Waals surface area contributed by atoms with Gasteiger partial charge in [-0.2, -0.15) is 0 Å². The Morgan fingerprint density at radius 2 is 2.12 bits per heavy atom. The van der Waals surface area contributed by atoms with Crippen LogP contribution in [0.15, 0.2) is 0 Å². The van der Waals surface area contributed by atoms with Crippen LogP contribution in [0.2, 0.25) is 0 Å². The molecule has 1 rings (SSSR count). The van der Waals surface area contributed by atoms with Crippen LogP contribution in [-0.4, -0.2) is 24.7 Å². The Hall–Kier alpha value is -0.0800. The van der Waals surface area contributed by atoms with Crippen LogP contribution in [-0.2, 0) is 0 Å². The van der Waals surface area contributed by atoms with Gasteiger partial charge in [-0.3, -0.25) is 0 Å². The molecule has 16 heavy (non-hydrogen) atoms. The van der Waals surface area contributed by atoms with Gasteiger partial charge in [-0.1, -0.05) is 26.7 Å². The predicted molar refractivity (Wildman–Crippen MR) is 71.8 cm³/mol. The fourth-order valence-electron chi connectivity index (χ4n) is 2.78. The molecule has 1 saturated heterocycles. The Morgan fingerprint density at radius 3 is 2.69 bits per heavy atom. The maximum atomic E-state index is 3.77. The van der Waals surface area contributed by atoms with Gasteiger partial charge in [0.15, 0.2) is 0 Å². The summed E-state index contributed by atoms with van der Waals surface area (Å²) < 4.78 is 0. The molecule has 1 fully saturated rings. The monoisotopic (exact) mass is 226 g/mol. The van der Waals surface area contributed by atoms with E-state index in [4.69, 9.17) is 0 Å². The molecule has 3 unspecified atom stereocenters. The SMILES string of the molecule is CCCC(CC)NC(C)CC1CCCCN1. The van der Waals surface area contributed by atoms with E-state index in [0.717, 1.165) is 12.1 Å². The van der Waals surface area contributed by atoms with Crippen LogP contribution in [0.3, 0.4) is 0 Å². The van der Waals surface area contributed by atoms with Crippen LogP contribution < -0.4 is 10.6 Å². The van der Waals surface area contributed by atoms with Gasteiger partial charge < -0.3 is 10.6 Å². The van der Waals surface area contributed by atoms with Crippen molar-refractivity contribution in [2.24, 2.45) is 0 Å². The van der Waals surface area contributed by atoms with Crippen molar-refractivity contribution in [2.45, 2.75) is 83.8 Å². The molecule has 0 spiro atoms. The zero-order valence-corrected chi connectivity index (χ0v) is 11.4. The van der Waals surface area contributed by atoms with Gasteiger partial charge >= 0.3 is 0 Å². The summed E-state index contributed by atoms with van der Waals surface area (Å²) in [4.78, 5) is 0. The summed E-state index contributed by atoms with van der Waals surface area (Å²) in [5.41, 5.74) is 0. The summed E-state index contributed by atoms with van der Waals surface area (Å²) in [6.07, 6.45) is 9.31. The maximum absolute atomic E-state index is 3.77. The first-order valence-corrected chi connectivity index (χ1v) is 7.25. The topological polar surface area (TPSA) is 24.1 Å². The zero-order chi connectivity index (χ0) is 11.8. The summed E-state index contributed by atoms with van der Waals surface area (Å²) in [5, 5.41) is 7.41. The Bertz CT molecular complexity index is 157. The first-order valence-electron chi connectivity index (χ1n) is 7.25. The molecule has 0 radical (unpaired) electrons. The highest BCUT2D eigenvalue weighted by atomic mass is 15.0. The van der Waals surface area contributed by atoms with Gasteiger partial charge in [-0.05, 0) is 45.6 Å². The van der Waals surface area contributed by atoms with E-state index in [9.17, 15) is 0 Å². The van der Waals surface area contributed by atoms with Crippen molar-refractivity contribution in [1.82, 2.24) is 10.6 Å². The Morgan fingerprint density at radius 1 is 1.31 bits per heavy atom. The molecular formula is C14H30N2. The molecule has 2 heteroatoms. The molecule has 1 heterocycles. The number of nitrogens with one attached hydrogen (secondary N) is 2. The smallest absolute Gasteiger partial charge is 0.00817 e. The van der Waals surface area contributed by atoms with Crippen molar-refractivity contribution >= 4 is 0 Å². The Balaban J connectivity index is 2.19. The summed E-state index contributed by atoms with van der Waals surface area (Å²) in [6.45, 7) is 8.13. The van der Waals surface area contributed by atoms with Crippen LogP contribution in [0.4, 0.5) is 0 Å². The van der Waals surface area contributed by atoms with E-state index in [1.54, 1.807) is 0 Å². The summed E-state index contributed by atoms with van der Waals surface area (Å²) in [7, 11) is 0. The number of piperidine rings is 1. The van der Waals surface area contributed by atoms with Crippen molar-refractivity contribution in [3.63, 3.8) is 0 Å². The molecule has 0 aliphatic carbocycles. The summed E-state index contributed by atoms with van der Waals surface area (Å²) in [5.74, 6) is 0. The lowest BCUT2D eigenvalue weighted by Crippen LogP contribution is -2.43. The second-order valence-electron chi connectivity index (χ2n) is 5.34. The lowest BCUT2D eigenvalue weighted by Gasteiger charge is -2.29. The quantitative estimate of drug-likeness (QED) is 0.697. The molecule has 0 aromatic heterocycles. The standard InChI is InChI=1S/C14H30N2/c1-4-8-13(5-2)16-12(3)11-14-9-6-7-10-15-14/h12-16H,4-11H2,1-3H3. The molecule has 0 amide bonds. The van der Waals surface area contributed by atoms with Crippen LogP contribution >= 0.6 is 0 Å². The third kappa shape index (κ3) is 5.31. The fraction of sp³-hybridized carbons (Fsp3) is 1.00. The van der Waals surface area contributed by atoms with Gasteiger partial charge in [0.25, 0.3) is 0 Å². The van der Waals surface area contributed by atoms with E-state index in [2.05, 4.69) is 31.4 Å². The van der Waals surface area contributed by atoms with Gasteiger partial charge in [0.2, 0.25) is 0 Å². The van der Waals surface area contributed by atoms with Crippen molar-refractivity contribution in [3.05, 3.63) is 0 Å². The molecule has 1 aliphatic heterocycles. The molecule has 0 aromatic carbocycles. The van der Waals surface area contributed by atoms with Gasteiger partial charge in [0, 0.05) is 18.1 Å². The van der Waals surface area contributed by atoms with Gasteiger partial charge in [-0.15, -0.1) is 0 Å². The second kappa shape index (κ2) is 8.08. The fourth-order valence-corrected chi connectivity index (χ4v) is 2.78. The lowest BCUT2D eigenvalue weighted by molar-refractivity contribution is 0.320. The highest BCUT2D eigenvalue weighted by molar-refractivity contribution is 4.79. The first kappa shape index (κ1) is 14.0. The maximum Gasteiger partial charge on any atom is 0.00817 e. The van der Waals surface area contributed by atoms with Crippen LogP contribution in [0.25, 0.3) is 0 Å². The highest BCUT2D eigenvalue weighted by Crippen LogP contribution is 2.13. The van der Waals surface area contributed by atoms with E-state index in [-0.39, 0.29) is 0 Å².